The van der Waals surface area contributed by atoms with Gasteiger partial charge < -0.3 is 24.8 Å². The fourth-order valence-electron chi connectivity index (χ4n) is 6.74. The van der Waals surface area contributed by atoms with Gasteiger partial charge >= 0.3 is 274 Å². The van der Waals surface area contributed by atoms with Crippen LogP contribution in [0.2, 0.25) is 0 Å². The Kier molecular flexibility index (Phi) is 11.1. The largest absolute Gasteiger partial charge is 1.00 e. The van der Waals surface area contributed by atoms with Gasteiger partial charge in [-0.1, -0.05) is 0 Å². The Balaban J connectivity index is 0.00000240. The summed E-state index contributed by atoms with van der Waals surface area (Å²) in [4.78, 5) is 0. The van der Waals surface area contributed by atoms with Crippen molar-refractivity contribution in [2.24, 2.45) is 0 Å². The van der Waals surface area contributed by atoms with E-state index in [0.717, 1.165) is 6.42 Å². The first-order chi connectivity index (χ1) is 21.0. The minimum Gasteiger partial charge on any atom is -1.00 e. The number of halogens is 2. The molecule has 0 spiro atoms. The van der Waals surface area contributed by atoms with Gasteiger partial charge in [-0.3, -0.25) is 0 Å². The van der Waals surface area contributed by atoms with Gasteiger partial charge in [0.2, 0.25) is 0 Å². The molecule has 0 bridgehead atoms. The molecule has 0 saturated carbocycles. The number of hydrogen-bond acceptors (Lipinski definition) is 0. The molecule has 0 aromatic heterocycles. The van der Waals surface area contributed by atoms with Gasteiger partial charge in [-0.2, -0.15) is 0 Å². The van der Waals surface area contributed by atoms with Crippen LogP contribution >= 0.6 is 0 Å². The monoisotopic (exact) mass is 720 g/mol. The Morgan fingerprint density at radius 2 is 1.09 bits per heavy atom. The van der Waals surface area contributed by atoms with E-state index in [9.17, 15) is 0 Å². The topological polar surface area (TPSA) is 0 Å². The van der Waals surface area contributed by atoms with E-state index >= 15 is 0 Å². The zero-order valence-electron chi connectivity index (χ0n) is 27.9. The molecular weight excluding hydrogens is 679 g/mol. The van der Waals surface area contributed by atoms with Crippen LogP contribution in [0.3, 0.4) is 0 Å². The second-order valence-electron chi connectivity index (χ2n) is 14.3. The molecule has 6 rings (SSSR count). The van der Waals surface area contributed by atoms with E-state index in [1.807, 2.05) is 12.2 Å². The number of rotatable bonds is 6. The molecule has 2 aliphatic rings. The molecule has 0 nitrogen and oxygen atoms in total. The van der Waals surface area contributed by atoms with Crippen LogP contribution in [0.15, 0.2) is 120 Å². The quantitative estimate of drug-likeness (QED) is 0.251. The first kappa shape index (κ1) is 36.0. The third-order valence-electron chi connectivity index (χ3n) is 9.29. The Bertz CT molecular complexity index is 1740. The molecule has 0 heterocycles. The predicted molar refractivity (Wildman–Crippen MR) is 189 cm³/mol. The zero-order chi connectivity index (χ0) is 31.2. The summed E-state index contributed by atoms with van der Waals surface area (Å²) in [5.41, 5.74) is 13.8. The number of benzene rings is 4. The van der Waals surface area contributed by atoms with Gasteiger partial charge in [-0.15, -0.1) is 0 Å². The Morgan fingerprint density at radius 1 is 0.652 bits per heavy atom. The zero-order valence-corrected chi connectivity index (χ0v) is 31.9. The van der Waals surface area contributed by atoms with Gasteiger partial charge in [0.25, 0.3) is 0 Å². The fraction of sp³-hybridized carbons (Fsp3) is 0.233. The van der Waals surface area contributed by atoms with Crippen molar-refractivity contribution >= 4 is 15.4 Å². The normalized spacial score (nSPS) is 13.4. The molecule has 0 fully saturated rings. The standard InChI is InChI=1S/C21H26.C17H13.C5H5.2ClH.Zr/c1-20(2,3)18-11-7-16(8-12-18)15-17-9-13-19(14-10-17)21(4,5)6;1-3-12-5-7-14-11-15-8-6-13(4-2)10-17(15)16(14)9-12;1-2-4-5-3-1;;;/h7-14H,1-6H3;3-11H,1-2H2;1-3H,4H2;2*1H;/q;;;;;+2/p-2. The molecule has 0 N–H and O–H groups in total. The first-order valence-corrected chi connectivity index (χ1v) is 19.7. The molecule has 0 atom stereocenters. The molecule has 46 heavy (non-hydrogen) atoms. The van der Waals surface area contributed by atoms with Crippen LogP contribution in [-0.2, 0) is 32.1 Å². The van der Waals surface area contributed by atoms with E-state index in [2.05, 4.69) is 158 Å². The number of hydrogen-bond donors (Lipinski definition) is 0. The number of fused-ring (bicyclic) bond motifs is 3. The second-order valence-corrected chi connectivity index (χ2v) is 20.6. The summed E-state index contributed by atoms with van der Waals surface area (Å²) in [6.07, 6.45) is 12.1. The van der Waals surface area contributed by atoms with Crippen molar-refractivity contribution in [3.63, 3.8) is 0 Å². The van der Waals surface area contributed by atoms with E-state index in [0.29, 0.717) is 3.63 Å². The van der Waals surface area contributed by atoms with Crippen LogP contribution in [0.1, 0.15) is 96.1 Å². The average molecular weight is 723 g/mol. The molecule has 0 saturated heterocycles. The predicted octanol–water partition coefficient (Wildman–Crippen LogP) is 5.38. The number of allylic oxidation sites excluding steroid dienone is 4. The molecule has 0 unspecified atom stereocenters. The maximum Gasteiger partial charge on any atom is -1.00 e. The molecule has 0 aliphatic heterocycles. The van der Waals surface area contributed by atoms with Crippen molar-refractivity contribution in [3.8, 4) is 11.1 Å². The van der Waals surface area contributed by atoms with Crippen LogP contribution in [0.5, 0.6) is 0 Å². The summed E-state index contributed by atoms with van der Waals surface area (Å²) in [5.74, 6) is 0. The average Bonchev–Trinajstić information content (AvgIpc) is 3.65. The third kappa shape index (κ3) is 6.89. The van der Waals surface area contributed by atoms with Gasteiger partial charge in [-0.25, -0.2) is 0 Å². The molecule has 234 valence electrons. The third-order valence-corrected chi connectivity index (χ3v) is 17.6. The Hall–Kier alpha value is -2.83. The fourth-order valence-corrected chi connectivity index (χ4v) is 15.8. The summed E-state index contributed by atoms with van der Waals surface area (Å²) >= 11 is -2.73. The van der Waals surface area contributed by atoms with E-state index in [-0.39, 0.29) is 35.6 Å². The van der Waals surface area contributed by atoms with Gasteiger partial charge in [0, 0.05) is 0 Å². The van der Waals surface area contributed by atoms with Crippen LogP contribution < -0.4 is 24.8 Å². The van der Waals surface area contributed by atoms with E-state index in [1.165, 1.54) is 55.6 Å². The van der Waals surface area contributed by atoms with Crippen molar-refractivity contribution < 1.29 is 46.1 Å². The maximum absolute atomic E-state index is 4.09. The van der Waals surface area contributed by atoms with Crippen molar-refractivity contribution in [2.75, 3.05) is 0 Å². The minimum atomic E-state index is -2.73. The summed E-state index contributed by atoms with van der Waals surface area (Å²) in [6.45, 7) is 22.0. The minimum absolute atomic E-state index is 0. The van der Waals surface area contributed by atoms with Crippen molar-refractivity contribution in [3.05, 3.63) is 164 Å². The molecule has 2 aliphatic carbocycles. The van der Waals surface area contributed by atoms with Gasteiger partial charge in [0.05, 0.1) is 0 Å². The van der Waals surface area contributed by atoms with Crippen molar-refractivity contribution in [1.82, 2.24) is 0 Å². The first-order valence-electron chi connectivity index (χ1n) is 15.8. The Labute approximate surface area is 297 Å². The summed E-state index contributed by atoms with van der Waals surface area (Å²) in [6, 6.07) is 33.1. The molecule has 0 radical (unpaired) electrons. The van der Waals surface area contributed by atoms with Gasteiger partial charge in [-0.05, 0) is 0 Å². The maximum atomic E-state index is 4.09. The van der Waals surface area contributed by atoms with Crippen molar-refractivity contribution in [2.45, 2.75) is 62.4 Å². The van der Waals surface area contributed by atoms with Crippen LogP contribution in [0.4, 0.5) is 0 Å². The molecular formula is C43H44Cl2Zr. The Morgan fingerprint density at radius 3 is 1.43 bits per heavy atom. The molecule has 4 aromatic rings. The summed E-state index contributed by atoms with van der Waals surface area (Å²) in [7, 11) is 0. The van der Waals surface area contributed by atoms with E-state index in [1.54, 1.807) is 6.49 Å². The van der Waals surface area contributed by atoms with Crippen molar-refractivity contribution in [1.29, 1.82) is 0 Å². The summed E-state index contributed by atoms with van der Waals surface area (Å²) < 4.78 is 3.63. The SMILES string of the molecule is C=Cc1ccc2c(c1)-c1cc(C=C)ccc1[CH]2[Zr+2]([C]1=CC=CC1)=[C](c1ccc(C(C)(C)C)cc1)c1ccc(C(C)(C)C)cc1.[Cl-].[Cl-]. The van der Waals surface area contributed by atoms with Crippen LogP contribution in [0.25, 0.3) is 23.3 Å². The van der Waals surface area contributed by atoms with Gasteiger partial charge in [0.1, 0.15) is 0 Å². The molecule has 3 heteroatoms. The van der Waals surface area contributed by atoms with Gasteiger partial charge in [0.15, 0.2) is 0 Å². The second kappa shape index (κ2) is 14.1. The molecule has 4 aromatic carbocycles. The summed E-state index contributed by atoms with van der Waals surface area (Å²) in [5, 5.41) is 0. The smallest absolute Gasteiger partial charge is 1.00 e. The van der Waals surface area contributed by atoms with E-state index < -0.39 is 21.3 Å². The van der Waals surface area contributed by atoms with E-state index in [4.69, 9.17) is 0 Å². The van der Waals surface area contributed by atoms with Crippen LogP contribution in [0, 0.1) is 0 Å². The molecule has 0 amide bonds. The van der Waals surface area contributed by atoms with Crippen LogP contribution in [-0.4, -0.2) is 3.21 Å².